The molecule has 0 radical (unpaired) electrons. The third kappa shape index (κ3) is 1.85. The van der Waals surface area contributed by atoms with Crippen LogP contribution in [0.25, 0.3) is 0 Å². The van der Waals surface area contributed by atoms with Crippen LogP contribution in [0.15, 0.2) is 23.0 Å². The van der Waals surface area contributed by atoms with Crippen LogP contribution in [0.5, 0.6) is 0 Å². The van der Waals surface area contributed by atoms with Gasteiger partial charge in [0.1, 0.15) is 5.69 Å². The minimum atomic E-state index is -2.65. The summed E-state index contributed by atoms with van der Waals surface area (Å²) in [6, 6.07) is 4.44. The normalized spacial score (nSPS) is 27.6. The lowest BCUT2D eigenvalue weighted by molar-refractivity contribution is -0.110. The molecule has 0 N–H and O–H groups in total. The van der Waals surface area contributed by atoms with Gasteiger partial charge in [-0.2, -0.15) is 0 Å². The van der Waals surface area contributed by atoms with Gasteiger partial charge in [0, 0.05) is 38.0 Å². The third-order valence-electron chi connectivity index (χ3n) is 4.52. The number of pyridine rings is 1. The van der Waals surface area contributed by atoms with Gasteiger partial charge in [0.05, 0.1) is 0 Å². The molecule has 1 aromatic rings. The van der Waals surface area contributed by atoms with Gasteiger partial charge >= 0.3 is 0 Å². The highest BCUT2D eigenvalue weighted by Crippen LogP contribution is 2.48. The Bertz CT molecular complexity index is 595. The summed E-state index contributed by atoms with van der Waals surface area (Å²) < 4.78 is 28.9. The van der Waals surface area contributed by atoms with E-state index in [1.807, 2.05) is 0 Å². The van der Waals surface area contributed by atoms with Gasteiger partial charge in [-0.15, -0.1) is 0 Å². The van der Waals surface area contributed by atoms with Crippen LogP contribution in [0, 0.1) is 11.8 Å². The fourth-order valence-corrected chi connectivity index (χ4v) is 3.26. The number of fused-ring (bicyclic) bond motifs is 2. The van der Waals surface area contributed by atoms with Crippen LogP contribution < -0.4 is 5.56 Å². The Labute approximate surface area is 115 Å². The molecule has 2 aliphatic rings. The molecule has 2 atom stereocenters. The summed E-state index contributed by atoms with van der Waals surface area (Å²) in [4.78, 5) is 25.4. The summed E-state index contributed by atoms with van der Waals surface area (Å²) in [5.41, 5.74) is -0.0247. The molecule has 108 valence electrons. The number of alkyl halides is 2. The molecule has 4 nitrogen and oxygen atoms in total. The molecule has 1 aliphatic heterocycles. The van der Waals surface area contributed by atoms with Gasteiger partial charge < -0.3 is 9.47 Å². The molecular formula is C14H16F2N2O2. The van der Waals surface area contributed by atoms with Gasteiger partial charge in [0.25, 0.3) is 17.4 Å². The largest absolute Gasteiger partial charge is 0.336 e. The number of piperidine rings is 1. The Morgan fingerprint density at radius 1 is 1.25 bits per heavy atom. The van der Waals surface area contributed by atoms with Crippen molar-refractivity contribution in [2.75, 3.05) is 13.1 Å². The van der Waals surface area contributed by atoms with Crippen molar-refractivity contribution >= 4 is 5.91 Å². The lowest BCUT2D eigenvalue weighted by atomic mass is 9.93. The Balaban J connectivity index is 1.87. The molecule has 20 heavy (non-hydrogen) atoms. The maximum absolute atomic E-state index is 13.8. The minimum absolute atomic E-state index is 0.0748. The van der Waals surface area contributed by atoms with E-state index in [1.54, 1.807) is 6.07 Å². The van der Waals surface area contributed by atoms with Crippen LogP contribution in [0.1, 0.15) is 23.3 Å². The van der Waals surface area contributed by atoms with Crippen molar-refractivity contribution in [3.8, 4) is 0 Å². The maximum Gasteiger partial charge on any atom is 0.270 e. The zero-order valence-corrected chi connectivity index (χ0v) is 11.2. The van der Waals surface area contributed by atoms with Gasteiger partial charge in [-0.3, -0.25) is 9.59 Å². The van der Waals surface area contributed by atoms with E-state index in [1.165, 1.54) is 28.6 Å². The first-order valence-corrected chi connectivity index (χ1v) is 6.74. The van der Waals surface area contributed by atoms with Gasteiger partial charge in [-0.1, -0.05) is 6.07 Å². The fraction of sp³-hybridized carbons (Fsp3) is 0.571. The quantitative estimate of drug-likeness (QED) is 0.783. The van der Waals surface area contributed by atoms with Crippen molar-refractivity contribution in [3.63, 3.8) is 0 Å². The van der Waals surface area contributed by atoms with Crippen LogP contribution in [-0.4, -0.2) is 34.4 Å². The highest BCUT2D eigenvalue weighted by molar-refractivity contribution is 5.92. The number of rotatable bonds is 1. The molecule has 2 heterocycles. The number of halogens is 2. The van der Waals surface area contributed by atoms with Crippen molar-refractivity contribution in [2.45, 2.75) is 18.8 Å². The molecular weight excluding hydrogens is 266 g/mol. The Morgan fingerprint density at radius 3 is 2.45 bits per heavy atom. The summed E-state index contributed by atoms with van der Waals surface area (Å²) in [5.74, 6) is -4.48. The average Bonchev–Trinajstić information content (AvgIpc) is 2.60. The van der Waals surface area contributed by atoms with E-state index >= 15 is 0 Å². The zero-order chi connectivity index (χ0) is 14.5. The number of aromatic nitrogens is 1. The molecule has 1 saturated heterocycles. The Morgan fingerprint density at radius 2 is 1.85 bits per heavy atom. The van der Waals surface area contributed by atoms with E-state index < -0.39 is 17.8 Å². The number of hydrogen-bond donors (Lipinski definition) is 0. The van der Waals surface area contributed by atoms with Gasteiger partial charge in [0.15, 0.2) is 0 Å². The SMILES string of the molecule is Cn1c(C(=O)N2CC3CCC(C2)C3(F)F)cccc1=O. The highest BCUT2D eigenvalue weighted by Gasteiger charge is 2.56. The van der Waals surface area contributed by atoms with Crippen molar-refractivity contribution in [1.29, 1.82) is 0 Å². The second-order valence-electron chi connectivity index (χ2n) is 5.66. The highest BCUT2D eigenvalue weighted by atomic mass is 19.3. The number of likely N-dealkylation sites (tertiary alicyclic amines) is 1. The van der Waals surface area contributed by atoms with E-state index in [4.69, 9.17) is 0 Å². The zero-order valence-electron chi connectivity index (χ0n) is 11.2. The molecule has 1 amide bonds. The smallest absolute Gasteiger partial charge is 0.270 e. The predicted octanol–water partition coefficient (Wildman–Crippen LogP) is 1.50. The molecule has 1 aliphatic carbocycles. The lowest BCUT2D eigenvalue weighted by Gasteiger charge is -2.37. The molecule has 2 unspecified atom stereocenters. The van der Waals surface area contributed by atoms with Crippen LogP contribution in [-0.2, 0) is 7.05 Å². The van der Waals surface area contributed by atoms with Crippen LogP contribution in [0.4, 0.5) is 8.78 Å². The first kappa shape index (κ1) is 13.3. The summed E-state index contributed by atoms with van der Waals surface area (Å²) in [7, 11) is 1.52. The summed E-state index contributed by atoms with van der Waals surface area (Å²) in [5, 5.41) is 0. The van der Waals surface area contributed by atoms with Gasteiger partial charge in [-0.05, 0) is 18.9 Å². The molecule has 3 rings (SSSR count). The molecule has 1 aromatic heterocycles. The Kier molecular flexibility index (Phi) is 2.92. The number of hydrogen-bond acceptors (Lipinski definition) is 2. The van der Waals surface area contributed by atoms with Crippen LogP contribution in [0.2, 0.25) is 0 Å². The number of carbonyl (C=O) groups excluding carboxylic acids is 1. The minimum Gasteiger partial charge on any atom is -0.336 e. The molecule has 2 bridgehead atoms. The van der Waals surface area contributed by atoms with Gasteiger partial charge in [-0.25, -0.2) is 8.78 Å². The lowest BCUT2D eigenvalue weighted by Crippen LogP contribution is -2.51. The predicted molar refractivity (Wildman–Crippen MR) is 68.7 cm³/mol. The first-order chi connectivity index (χ1) is 9.41. The molecule has 2 fully saturated rings. The topological polar surface area (TPSA) is 42.3 Å². The maximum atomic E-state index is 13.8. The molecule has 0 aromatic carbocycles. The summed E-state index contributed by atoms with van der Waals surface area (Å²) in [6.45, 7) is 0.150. The number of amides is 1. The molecule has 6 heteroatoms. The monoisotopic (exact) mass is 282 g/mol. The fourth-order valence-electron chi connectivity index (χ4n) is 3.26. The van der Waals surface area contributed by atoms with E-state index in [2.05, 4.69) is 0 Å². The second-order valence-corrected chi connectivity index (χ2v) is 5.66. The van der Waals surface area contributed by atoms with E-state index in [0.29, 0.717) is 12.8 Å². The third-order valence-corrected chi connectivity index (χ3v) is 4.52. The first-order valence-electron chi connectivity index (χ1n) is 6.74. The molecule has 0 spiro atoms. The van der Waals surface area contributed by atoms with Crippen molar-refractivity contribution in [1.82, 2.24) is 9.47 Å². The average molecular weight is 282 g/mol. The standard InChI is InChI=1S/C14H16F2N2O2/c1-17-11(3-2-4-12(17)19)13(20)18-7-9-5-6-10(8-18)14(9,15)16/h2-4,9-10H,5-8H2,1H3. The van der Waals surface area contributed by atoms with Crippen LogP contribution >= 0.6 is 0 Å². The molecule has 1 saturated carbocycles. The van der Waals surface area contributed by atoms with Crippen molar-refractivity contribution in [2.24, 2.45) is 18.9 Å². The summed E-state index contributed by atoms with van der Waals surface area (Å²) >= 11 is 0. The Hall–Kier alpha value is -1.72. The summed E-state index contributed by atoms with van der Waals surface area (Å²) in [6.07, 6.45) is 0.935. The van der Waals surface area contributed by atoms with Crippen molar-refractivity contribution < 1.29 is 13.6 Å². The number of carbonyl (C=O) groups is 1. The van der Waals surface area contributed by atoms with Crippen LogP contribution in [0.3, 0.4) is 0 Å². The van der Waals surface area contributed by atoms with E-state index in [0.717, 1.165) is 0 Å². The number of nitrogens with zero attached hydrogens (tertiary/aromatic N) is 2. The van der Waals surface area contributed by atoms with Crippen molar-refractivity contribution in [3.05, 3.63) is 34.2 Å². The second kappa shape index (κ2) is 4.40. The van der Waals surface area contributed by atoms with E-state index in [-0.39, 0.29) is 30.2 Å². The van der Waals surface area contributed by atoms with E-state index in [9.17, 15) is 18.4 Å². The van der Waals surface area contributed by atoms with Gasteiger partial charge in [0.2, 0.25) is 0 Å².